The molecule has 6 nitrogen and oxygen atoms in total. The van der Waals surface area contributed by atoms with Crippen molar-refractivity contribution in [2.45, 2.75) is 4.90 Å². The Balaban J connectivity index is 0.00000161. The number of benzene rings is 2. The summed E-state index contributed by atoms with van der Waals surface area (Å²) in [6.07, 6.45) is 0. The molecule has 0 atom stereocenters. The Labute approximate surface area is 120 Å². The third kappa shape index (κ3) is 2.27. The Hall–Kier alpha value is -2.35. The second-order valence-electron chi connectivity index (χ2n) is 4.39. The molecule has 21 heavy (non-hydrogen) atoms. The van der Waals surface area contributed by atoms with Crippen molar-refractivity contribution in [3.63, 3.8) is 0 Å². The van der Waals surface area contributed by atoms with Gasteiger partial charge in [0.1, 0.15) is 0 Å². The Morgan fingerprint density at radius 2 is 1.24 bits per heavy atom. The second-order valence-corrected chi connectivity index (χ2v) is 5.81. The monoisotopic (exact) mass is 306 g/mol. The normalized spacial score (nSPS) is 13.2. The highest BCUT2D eigenvalue weighted by Crippen LogP contribution is 2.28. The molecule has 1 aliphatic carbocycles. The lowest BCUT2D eigenvalue weighted by Crippen LogP contribution is -2.21. The lowest BCUT2D eigenvalue weighted by Gasteiger charge is -2.17. The summed E-state index contributed by atoms with van der Waals surface area (Å²) in [6.45, 7) is 0. The Morgan fingerprint density at radius 3 is 1.76 bits per heavy atom. The first kappa shape index (κ1) is 15.0. The van der Waals surface area contributed by atoms with Gasteiger partial charge in [0.2, 0.25) is 0 Å². The van der Waals surface area contributed by atoms with E-state index < -0.39 is 20.8 Å². The SMILES string of the molecule is O.O=C1c2ccccc2C(=O)c2cc(S(=O)(=O)O)ccc21. The number of hydrogen-bond acceptors (Lipinski definition) is 4. The van der Waals surface area contributed by atoms with Crippen LogP contribution in [0, 0.1) is 0 Å². The molecule has 0 radical (unpaired) electrons. The molecule has 0 saturated heterocycles. The molecule has 0 fully saturated rings. The van der Waals surface area contributed by atoms with Crippen LogP contribution in [0.2, 0.25) is 0 Å². The van der Waals surface area contributed by atoms with E-state index in [4.69, 9.17) is 4.55 Å². The van der Waals surface area contributed by atoms with Crippen molar-refractivity contribution in [2.75, 3.05) is 0 Å². The van der Waals surface area contributed by atoms with Gasteiger partial charge in [0, 0.05) is 22.3 Å². The Bertz CT molecular complexity index is 867. The summed E-state index contributed by atoms with van der Waals surface area (Å²) in [6, 6.07) is 9.72. The number of rotatable bonds is 1. The Kier molecular flexibility index (Phi) is 3.50. The molecule has 0 amide bonds. The second kappa shape index (κ2) is 4.88. The first-order chi connectivity index (χ1) is 9.39. The highest BCUT2D eigenvalue weighted by atomic mass is 32.2. The van der Waals surface area contributed by atoms with E-state index >= 15 is 0 Å². The van der Waals surface area contributed by atoms with Gasteiger partial charge in [0.15, 0.2) is 11.6 Å². The first-order valence-corrected chi connectivity index (χ1v) is 7.13. The Morgan fingerprint density at radius 1 is 0.762 bits per heavy atom. The quantitative estimate of drug-likeness (QED) is 0.669. The standard InChI is InChI=1S/C14H8O5S.H2O/c15-13-9-3-1-2-4-10(9)14(16)12-7-8(20(17,18)19)5-6-11(12)13;/h1-7H,(H,17,18,19);1H2. The number of hydrogen-bond donors (Lipinski definition) is 1. The van der Waals surface area contributed by atoms with E-state index in [1.807, 2.05) is 0 Å². The van der Waals surface area contributed by atoms with Gasteiger partial charge in [-0.25, -0.2) is 0 Å². The maximum absolute atomic E-state index is 12.3. The minimum Gasteiger partial charge on any atom is -0.412 e. The van der Waals surface area contributed by atoms with Crippen LogP contribution in [-0.2, 0) is 10.1 Å². The third-order valence-electron chi connectivity index (χ3n) is 3.19. The summed E-state index contributed by atoms with van der Waals surface area (Å²) < 4.78 is 31.2. The third-order valence-corrected chi connectivity index (χ3v) is 4.04. The van der Waals surface area contributed by atoms with Gasteiger partial charge in [0.25, 0.3) is 10.1 Å². The van der Waals surface area contributed by atoms with E-state index in [2.05, 4.69) is 0 Å². The van der Waals surface area contributed by atoms with Crippen LogP contribution in [-0.4, -0.2) is 30.0 Å². The molecule has 0 aromatic heterocycles. The van der Waals surface area contributed by atoms with Crippen molar-refractivity contribution >= 4 is 21.7 Å². The molecule has 0 unspecified atom stereocenters. The summed E-state index contributed by atoms with van der Waals surface area (Å²) >= 11 is 0. The van der Waals surface area contributed by atoms with E-state index in [0.717, 1.165) is 12.1 Å². The molecule has 0 spiro atoms. The predicted octanol–water partition coefficient (Wildman–Crippen LogP) is 0.884. The molecule has 0 saturated carbocycles. The summed E-state index contributed by atoms with van der Waals surface area (Å²) in [5.74, 6) is -0.766. The molecule has 0 heterocycles. The number of ketones is 2. The summed E-state index contributed by atoms with van der Waals surface area (Å²) in [4.78, 5) is 24.1. The van der Waals surface area contributed by atoms with Gasteiger partial charge in [-0.1, -0.05) is 24.3 Å². The summed E-state index contributed by atoms with van der Waals surface area (Å²) in [5.41, 5.74) is 0.659. The fourth-order valence-corrected chi connectivity index (χ4v) is 2.75. The highest BCUT2D eigenvalue weighted by Gasteiger charge is 2.30. The van der Waals surface area contributed by atoms with Crippen LogP contribution in [0.5, 0.6) is 0 Å². The van der Waals surface area contributed by atoms with Gasteiger partial charge in [-0.3, -0.25) is 14.1 Å². The van der Waals surface area contributed by atoms with Crippen molar-refractivity contribution in [1.29, 1.82) is 0 Å². The average molecular weight is 306 g/mol. The molecule has 3 N–H and O–H groups in total. The fraction of sp³-hybridized carbons (Fsp3) is 0. The van der Waals surface area contributed by atoms with E-state index in [9.17, 15) is 18.0 Å². The molecule has 0 bridgehead atoms. The van der Waals surface area contributed by atoms with Crippen LogP contribution < -0.4 is 0 Å². The maximum Gasteiger partial charge on any atom is 0.294 e. The predicted molar refractivity (Wildman–Crippen MR) is 73.2 cm³/mol. The number of fused-ring (bicyclic) bond motifs is 2. The van der Waals surface area contributed by atoms with Crippen LogP contribution in [0.25, 0.3) is 0 Å². The molecular formula is C14H10O6S. The summed E-state index contributed by atoms with van der Waals surface area (Å²) in [7, 11) is -4.42. The van der Waals surface area contributed by atoms with Crippen molar-refractivity contribution in [3.8, 4) is 0 Å². The van der Waals surface area contributed by atoms with Crippen LogP contribution in [0.15, 0.2) is 47.4 Å². The molecule has 108 valence electrons. The average Bonchev–Trinajstić information content (AvgIpc) is 2.43. The van der Waals surface area contributed by atoms with Gasteiger partial charge in [0.05, 0.1) is 4.90 Å². The first-order valence-electron chi connectivity index (χ1n) is 5.69. The van der Waals surface area contributed by atoms with E-state index in [-0.39, 0.29) is 27.9 Å². The van der Waals surface area contributed by atoms with Gasteiger partial charge < -0.3 is 5.48 Å². The highest BCUT2D eigenvalue weighted by molar-refractivity contribution is 7.85. The van der Waals surface area contributed by atoms with E-state index in [1.165, 1.54) is 12.1 Å². The largest absolute Gasteiger partial charge is 0.412 e. The molecule has 1 aliphatic rings. The fourth-order valence-electron chi connectivity index (χ4n) is 2.24. The van der Waals surface area contributed by atoms with E-state index in [0.29, 0.717) is 5.56 Å². The van der Waals surface area contributed by atoms with Crippen molar-refractivity contribution in [1.82, 2.24) is 0 Å². The molecular weight excluding hydrogens is 296 g/mol. The number of carbonyl (C=O) groups is 2. The lowest BCUT2D eigenvalue weighted by molar-refractivity contribution is 0.0979. The topological polar surface area (TPSA) is 120 Å². The molecule has 3 rings (SSSR count). The van der Waals surface area contributed by atoms with Crippen LogP contribution in [0.4, 0.5) is 0 Å². The van der Waals surface area contributed by atoms with Crippen molar-refractivity contribution < 1.29 is 28.0 Å². The van der Waals surface area contributed by atoms with Gasteiger partial charge in [-0.05, 0) is 18.2 Å². The molecule has 2 aromatic rings. The zero-order chi connectivity index (χ0) is 14.5. The van der Waals surface area contributed by atoms with E-state index in [1.54, 1.807) is 18.2 Å². The van der Waals surface area contributed by atoms with Crippen molar-refractivity contribution in [2.24, 2.45) is 0 Å². The lowest BCUT2D eigenvalue weighted by atomic mass is 9.84. The van der Waals surface area contributed by atoms with Gasteiger partial charge >= 0.3 is 0 Å². The minimum absolute atomic E-state index is 0. The van der Waals surface area contributed by atoms with Crippen molar-refractivity contribution in [3.05, 3.63) is 64.7 Å². The van der Waals surface area contributed by atoms with Crippen LogP contribution in [0.1, 0.15) is 31.8 Å². The van der Waals surface area contributed by atoms with Gasteiger partial charge in [-0.2, -0.15) is 8.42 Å². The zero-order valence-electron chi connectivity index (χ0n) is 10.5. The molecule has 2 aromatic carbocycles. The smallest absolute Gasteiger partial charge is 0.294 e. The zero-order valence-corrected chi connectivity index (χ0v) is 11.3. The summed E-state index contributed by atoms with van der Waals surface area (Å²) in [5, 5.41) is 0. The number of carbonyl (C=O) groups excluding carboxylic acids is 2. The van der Waals surface area contributed by atoms with Crippen LogP contribution in [0.3, 0.4) is 0 Å². The minimum atomic E-state index is -4.42. The van der Waals surface area contributed by atoms with Crippen LogP contribution >= 0.6 is 0 Å². The van der Waals surface area contributed by atoms with Gasteiger partial charge in [-0.15, -0.1) is 0 Å². The molecule has 7 heteroatoms. The maximum atomic E-state index is 12.3. The molecule has 0 aliphatic heterocycles.